The van der Waals surface area contributed by atoms with E-state index in [1.165, 1.54) is 6.42 Å². The minimum atomic E-state index is 0.645. The number of hydrogen-bond donors (Lipinski definition) is 1. The molecule has 1 rings (SSSR count). The number of nitrogens with zero attached hydrogens (tertiary/aromatic N) is 1. The number of nitrogens with one attached hydrogen (secondary N) is 1. The molecule has 1 N–H and O–H groups in total. The van der Waals surface area contributed by atoms with E-state index in [1.807, 2.05) is 24.3 Å². The highest BCUT2D eigenvalue weighted by molar-refractivity contribution is 6.30. The molecule has 1 aromatic carbocycles. The highest BCUT2D eigenvalue weighted by atomic mass is 35.5. The first kappa shape index (κ1) is 13.3. The van der Waals surface area contributed by atoms with E-state index in [1.54, 1.807) is 0 Å². The van der Waals surface area contributed by atoms with Crippen LogP contribution >= 0.6 is 11.6 Å². The summed E-state index contributed by atoms with van der Waals surface area (Å²) in [5, 5.41) is 4.16. The predicted octanol–water partition coefficient (Wildman–Crippen LogP) is 3.48. The fourth-order valence-electron chi connectivity index (χ4n) is 1.48. The van der Waals surface area contributed by atoms with Crippen molar-refractivity contribution in [2.45, 2.75) is 26.3 Å². The average Bonchev–Trinajstić information content (AvgIpc) is 2.30. The molecule has 0 aliphatic carbocycles. The second-order valence-electron chi connectivity index (χ2n) is 4.17. The van der Waals surface area contributed by atoms with Crippen LogP contribution in [0.5, 0.6) is 0 Å². The molecular formula is C13H21ClN2. The zero-order chi connectivity index (χ0) is 12.0. The molecule has 90 valence electrons. The van der Waals surface area contributed by atoms with Crippen molar-refractivity contribution < 1.29 is 0 Å². The lowest BCUT2D eigenvalue weighted by atomic mass is 10.2. The monoisotopic (exact) mass is 240 g/mol. The maximum atomic E-state index is 5.82. The van der Waals surface area contributed by atoms with Crippen LogP contribution in [-0.2, 0) is 0 Å². The van der Waals surface area contributed by atoms with E-state index in [0.717, 1.165) is 23.8 Å². The van der Waals surface area contributed by atoms with E-state index < -0.39 is 0 Å². The Morgan fingerprint density at radius 2 is 1.94 bits per heavy atom. The second kappa shape index (κ2) is 6.77. The molecule has 1 aromatic rings. The fraction of sp³-hybridized carbons (Fsp3) is 0.538. The van der Waals surface area contributed by atoms with Crippen LogP contribution in [-0.4, -0.2) is 31.1 Å². The normalized spacial score (nSPS) is 12.8. The van der Waals surface area contributed by atoms with Gasteiger partial charge in [-0.05, 0) is 44.7 Å². The first-order valence-corrected chi connectivity index (χ1v) is 6.21. The third-order valence-corrected chi connectivity index (χ3v) is 3.23. The lowest BCUT2D eigenvalue weighted by molar-refractivity contribution is 0.261. The quantitative estimate of drug-likeness (QED) is 0.819. The standard InChI is InChI=1S/C13H21ClN2/c1-4-11(2)16(3)10-9-15-13-7-5-12(14)6-8-13/h5-8,11,15H,4,9-10H2,1-3H3. The van der Waals surface area contributed by atoms with Crippen molar-refractivity contribution in [1.82, 2.24) is 4.90 Å². The largest absolute Gasteiger partial charge is 0.384 e. The second-order valence-corrected chi connectivity index (χ2v) is 4.61. The predicted molar refractivity (Wildman–Crippen MR) is 72.3 cm³/mol. The molecule has 0 amide bonds. The summed E-state index contributed by atoms with van der Waals surface area (Å²) in [6, 6.07) is 8.47. The molecule has 0 aromatic heterocycles. The van der Waals surface area contributed by atoms with Crippen molar-refractivity contribution in [3.8, 4) is 0 Å². The molecule has 0 bridgehead atoms. The number of likely N-dealkylation sites (N-methyl/N-ethyl adjacent to an activating group) is 1. The van der Waals surface area contributed by atoms with Gasteiger partial charge in [0.2, 0.25) is 0 Å². The number of hydrogen-bond acceptors (Lipinski definition) is 2. The van der Waals surface area contributed by atoms with Gasteiger partial charge in [0.1, 0.15) is 0 Å². The van der Waals surface area contributed by atoms with Crippen LogP contribution in [0.15, 0.2) is 24.3 Å². The lowest BCUT2D eigenvalue weighted by Gasteiger charge is -2.23. The van der Waals surface area contributed by atoms with Crippen LogP contribution in [0, 0.1) is 0 Å². The van der Waals surface area contributed by atoms with Crippen LogP contribution in [0.2, 0.25) is 5.02 Å². The molecule has 0 saturated heterocycles. The van der Waals surface area contributed by atoms with Gasteiger partial charge < -0.3 is 10.2 Å². The molecule has 0 aliphatic heterocycles. The number of anilines is 1. The highest BCUT2D eigenvalue weighted by Crippen LogP contribution is 2.13. The zero-order valence-corrected chi connectivity index (χ0v) is 11.1. The van der Waals surface area contributed by atoms with E-state index in [2.05, 4.69) is 31.1 Å². The van der Waals surface area contributed by atoms with Crippen LogP contribution in [0.25, 0.3) is 0 Å². The van der Waals surface area contributed by atoms with Crippen molar-refractivity contribution >= 4 is 17.3 Å². The van der Waals surface area contributed by atoms with Crippen molar-refractivity contribution in [1.29, 1.82) is 0 Å². The topological polar surface area (TPSA) is 15.3 Å². The summed E-state index contributed by atoms with van der Waals surface area (Å²) >= 11 is 5.82. The minimum absolute atomic E-state index is 0.645. The summed E-state index contributed by atoms with van der Waals surface area (Å²) in [4.78, 5) is 2.36. The van der Waals surface area contributed by atoms with Crippen LogP contribution < -0.4 is 5.32 Å². The minimum Gasteiger partial charge on any atom is -0.384 e. The lowest BCUT2D eigenvalue weighted by Crippen LogP contribution is -2.32. The molecule has 0 heterocycles. The van der Waals surface area contributed by atoms with Gasteiger partial charge in [-0.2, -0.15) is 0 Å². The number of rotatable bonds is 6. The summed E-state index contributed by atoms with van der Waals surface area (Å²) in [5.41, 5.74) is 1.13. The van der Waals surface area contributed by atoms with E-state index in [9.17, 15) is 0 Å². The van der Waals surface area contributed by atoms with Crippen molar-refractivity contribution in [3.63, 3.8) is 0 Å². The van der Waals surface area contributed by atoms with E-state index in [4.69, 9.17) is 11.6 Å². The van der Waals surface area contributed by atoms with Gasteiger partial charge in [-0.15, -0.1) is 0 Å². The van der Waals surface area contributed by atoms with Gasteiger partial charge in [-0.1, -0.05) is 18.5 Å². The number of benzene rings is 1. The summed E-state index contributed by atoms with van der Waals surface area (Å²) in [5.74, 6) is 0. The molecule has 1 unspecified atom stereocenters. The maximum absolute atomic E-state index is 5.82. The van der Waals surface area contributed by atoms with Crippen molar-refractivity contribution in [2.75, 3.05) is 25.5 Å². The Bertz CT molecular complexity index is 297. The van der Waals surface area contributed by atoms with E-state index in [0.29, 0.717) is 6.04 Å². The molecule has 0 radical (unpaired) electrons. The van der Waals surface area contributed by atoms with Crippen LogP contribution in [0.4, 0.5) is 5.69 Å². The van der Waals surface area contributed by atoms with Gasteiger partial charge in [-0.3, -0.25) is 0 Å². The van der Waals surface area contributed by atoms with Gasteiger partial charge in [0.15, 0.2) is 0 Å². The Balaban J connectivity index is 2.27. The molecule has 3 heteroatoms. The van der Waals surface area contributed by atoms with Crippen molar-refractivity contribution in [3.05, 3.63) is 29.3 Å². The first-order valence-electron chi connectivity index (χ1n) is 5.83. The Kier molecular flexibility index (Phi) is 5.64. The first-order chi connectivity index (χ1) is 7.63. The molecule has 0 fully saturated rings. The molecule has 0 spiro atoms. The third kappa shape index (κ3) is 4.42. The smallest absolute Gasteiger partial charge is 0.0407 e. The molecular weight excluding hydrogens is 220 g/mol. The Morgan fingerprint density at radius 1 is 1.31 bits per heavy atom. The van der Waals surface area contributed by atoms with Crippen molar-refractivity contribution in [2.24, 2.45) is 0 Å². The Morgan fingerprint density at radius 3 is 2.50 bits per heavy atom. The summed E-state index contributed by atoms with van der Waals surface area (Å²) in [6.07, 6.45) is 1.19. The SMILES string of the molecule is CCC(C)N(C)CCNc1ccc(Cl)cc1. The molecule has 16 heavy (non-hydrogen) atoms. The summed E-state index contributed by atoms with van der Waals surface area (Å²) in [6.45, 7) is 6.48. The molecule has 0 saturated carbocycles. The van der Waals surface area contributed by atoms with Gasteiger partial charge in [0.05, 0.1) is 0 Å². The maximum Gasteiger partial charge on any atom is 0.0407 e. The Hall–Kier alpha value is -0.730. The van der Waals surface area contributed by atoms with Gasteiger partial charge in [0, 0.05) is 29.8 Å². The fourth-order valence-corrected chi connectivity index (χ4v) is 1.60. The zero-order valence-electron chi connectivity index (χ0n) is 10.3. The van der Waals surface area contributed by atoms with E-state index >= 15 is 0 Å². The summed E-state index contributed by atoms with van der Waals surface area (Å²) in [7, 11) is 2.16. The summed E-state index contributed by atoms with van der Waals surface area (Å²) < 4.78 is 0. The molecule has 2 nitrogen and oxygen atoms in total. The van der Waals surface area contributed by atoms with Crippen LogP contribution in [0.3, 0.4) is 0 Å². The van der Waals surface area contributed by atoms with Gasteiger partial charge in [-0.25, -0.2) is 0 Å². The van der Waals surface area contributed by atoms with Crippen LogP contribution in [0.1, 0.15) is 20.3 Å². The van der Waals surface area contributed by atoms with E-state index in [-0.39, 0.29) is 0 Å². The average molecular weight is 241 g/mol. The van der Waals surface area contributed by atoms with Gasteiger partial charge in [0.25, 0.3) is 0 Å². The number of halogens is 1. The molecule has 0 aliphatic rings. The Labute approximate surface area is 104 Å². The molecule has 1 atom stereocenters. The van der Waals surface area contributed by atoms with Gasteiger partial charge >= 0.3 is 0 Å². The third-order valence-electron chi connectivity index (χ3n) is 2.98. The highest BCUT2D eigenvalue weighted by Gasteiger charge is 2.05.